The van der Waals surface area contributed by atoms with Gasteiger partial charge < -0.3 is 5.32 Å². The maximum Gasteiger partial charge on any atom is 0.295 e. The Morgan fingerprint density at radius 1 is 1.05 bits per heavy atom. The molecule has 2 aromatic rings. The summed E-state index contributed by atoms with van der Waals surface area (Å²) in [7, 11) is 0. The number of anilines is 2. The van der Waals surface area contributed by atoms with E-state index in [1.807, 2.05) is 6.07 Å². The second-order valence-electron chi connectivity index (χ2n) is 4.43. The van der Waals surface area contributed by atoms with Gasteiger partial charge in [-0.15, -0.1) is 0 Å². The molecule has 1 aliphatic rings. The Kier molecular flexibility index (Phi) is 3.62. The largest absolute Gasteiger partial charge is 0.365 e. The van der Waals surface area contributed by atoms with Crippen LogP contribution in [0.5, 0.6) is 0 Å². The van der Waals surface area contributed by atoms with E-state index in [1.165, 1.54) is 12.1 Å². The number of amides is 2. The molecule has 21 heavy (non-hydrogen) atoms. The van der Waals surface area contributed by atoms with Gasteiger partial charge in [-0.1, -0.05) is 24.3 Å². The number of carbonyl (C=O) groups is 2. The molecule has 1 fully saturated rings. The van der Waals surface area contributed by atoms with E-state index in [0.29, 0.717) is 11.4 Å². The van der Waals surface area contributed by atoms with E-state index < -0.39 is 11.2 Å². The normalized spacial score (nSPS) is 18.1. The number of nitrogens with one attached hydrogen (secondary N) is 1. The summed E-state index contributed by atoms with van der Waals surface area (Å²) in [4.78, 5) is 25.5. The van der Waals surface area contributed by atoms with E-state index in [0.717, 1.165) is 16.7 Å². The molecular weight excluding hydrogens is 291 g/mol. The summed E-state index contributed by atoms with van der Waals surface area (Å²) in [6, 6.07) is 14.5. The van der Waals surface area contributed by atoms with Crippen molar-refractivity contribution in [1.82, 2.24) is 0 Å². The van der Waals surface area contributed by atoms with Crippen molar-refractivity contribution in [3.63, 3.8) is 0 Å². The predicted molar refractivity (Wildman–Crippen MR) is 80.7 cm³/mol. The monoisotopic (exact) mass is 302 g/mol. The van der Waals surface area contributed by atoms with Crippen LogP contribution < -0.4 is 10.2 Å². The lowest BCUT2D eigenvalue weighted by Gasteiger charge is -2.14. The molecule has 1 heterocycles. The van der Waals surface area contributed by atoms with Crippen molar-refractivity contribution in [2.24, 2.45) is 0 Å². The van der Waals surface area contributed by atoms with E-state index in [-0.39, 0.29) is 11.1 Å². The van der Waals surface area contributed by atoms with Crippen LogP contribution in [0.3, 0.4) is 0 Å². The highest BCUT2D eigenvalue weighted by molar-refractivity contribution is 8.16. The maximum atomic E-state index is 13.1. The number of hydrogen-bond acceptors (Lipinski definition) is 4. The Labute approximate surface area is 124 Å². The Morgan fingerprint density at radius 2 is 1.81 bits per heavy atom. The van der Waals surface area contributed by atoms with Crippen molar-refractivity contribution in [1.29, 1.82) is 0 Å². The van der Waals surface area contributed by atoms with Crippen molar-refractivity contribution in [3.8, 4) is 0 Å². The van der Waals surface area contributed by atoms with Crippen LogP contribution in [0.25, 0.3) is 0 Å². The highest BCUT2D eigenvalue weighted by Gasteiger charge is 2.40. The van der Waals surface area contributed by atoms with Gasteiger partial charge in [-0.05, 0) is 42.1 Å². The number of imide groups is 1. The van der Waals surface area contributed by atoms with Gasteiger partial charge in [0.05, 0.1) is 5.69 Å². The average Bonchev–Trinajstić information content (AvgIpc) is 2.74. The first-order valence-electron chi connectivity index (χ1n) is 6.27. The first-order chi connectivity index (χ1) is 10.1. The van der Waals surface area contributed by atoms with Crippen molar-refractivity contribution in [2.75, 3.05) is 10.2 Å². The molecule has 4 nitrogen and oxygen atoms in total. The zero-order chi connectivity index (χ0) is 14.8. The Bertz CT molecular complexity index is 693. The van der Waals surface area contributed by atoms with E-state index in [1.54, 1.807) is 36.4 Å². The zero-order valence-corrected chi connectivity index (χ0v) is 11.6. The molecule has 106 valence electrons. The van der Waals surface area contributed by atoms with Crippen LogP contribution in [0.2, 0.25) is 0 Å². The lowest BCUT2D eigenvalue weighted by atomic mass is 10.3. The summed E-state index contributed by atoms with van der Waals surface area (Å²) in [5.41, 5.74) is 0.993. The fourth-order valence-corrected chi connectivity index (χ4v) is 2.95. The lowest BCUT2D eigenvalue weighted by molar-refractivity contribution is -0.116. The summed E-state index contributed by atoms with van der Waals surface area (Å²) >= 11 is 0.881. The molecule has 0 aliphatic carbocycles. The molecule has 0 spiro atoms. The number of thioether (sulfide) groups is 1. The van der Waals surface area contributed by atoms with Gasteiger partial charge in [0.2, 0.25) is 0 Å². The van der Waals surface area contributed by atoms with Gasteiger partial charge in [0, 0.05) is 5.69 Å². The third-order valence-electron chi connectivity index (χ3n) is 2.98. The maximum absolute atomic E-state index is 13.1. The molecule has 0 unspecified atom stereocenters. The summed E-state index contributed by atoms with van der Waals surface area (Å²) < 4.78 is 13.1. The second-order valence-corrected chi connectivity index (χ2v) is 5.48. The highest BCUT2D eigenvalue weighted by atomic mass is 32.2. The van der Waals surface area contributed by atoms with Gasteiger partial charge in [0.15, 0.2) is 5.37 Å². The number of carbonyl (C=O) groups excluding carboxylic acids is 2. The topological polar surface area (TPSA) is 49.4 Å². The van der Waals surface area contributed by atoms with Crippen LogP contribution in [0, 0.1) is 5.82 Å². The molecule has 1 saturated heterocycles. The van der Waals surface area contributed by atoms with E-state index in [2.05, 4.69) is 5.32 Å². The van der Waals surface area contributed by atoms with Crippen molar-refractivity contribution >= 4 is 34.3 Å². The van der Waals surface area contributed by atoms with Crippen molar-refractivity contribution in [3.05, 3.63) is 60.4 Å². The first kappa shape index (κ1) is 13.6. The van der Waals surface area contributed by atoms with Crippen LogP contribution >= 0.6 is 11.8 Å². The second kappa shape index (κ2) is 5.57. The van der Waals surface area contributed by atoms with Gasteiger partial charge in [-0.25, -0.2) is 9.29 Å². The fraction of sp³-hybridized carbons (Fsp3) is 0.0667. The molecule has 2 aromatic carbocycles. The highest BCUT2D eigenvalue weighted by Crippen LogP contribution is 2.32. The van der Waals surface area contributed by atoms with Crippen molar-refractivity contribution < 1.29 is 14.0 Å². The molecule has 1 N–H and O–H groups in total. The predicted octanol–water partition coefficient (Wildman–Crippen LogP) is 3.46. The van der Waals surface area contributed by atoms with E-state index in [9.17, 15) is 14.0 Å². The molecule has 0 aromatic heterocycles. The number of halogens is 1. The molecule has 6 heteroatoms. The molecule has 3 rings (SSSR count). The molecule has 1 atom stereocenters. The first-order valence-corrected chi connectivity index (χ1v) is 7.15. The Morgan fingerprint density at radius 3 is 2.52 bits per heavy atom. The average molecular weight is 302 g/mol. The minimum absolute atomic E-state index is 0.347. The SMILES string of the molecule is O=C1S[C@H](Nc2cccc(F)c2)C(=O)N1c1ccccc1. The molecule has 0 bridgehead atoms. The molecular formula is C15H11FN2O2S. The fourth-order valence-electron chi connectivity index (χ4n) is 2.04. The van der Waals surface area contributed by atoms with Gasteiger partial charge in [-0.3, -0.25) is 9.59 Å². The molecule has 2 amide bonds. The summed E-state index contributed by atoms with van der Waals surface area (Å²) in [5, 5.41) is 1.77. The Balaban J connectivity index is 1.81. The number of benzene rings is 2. The number of para-hydroxylation sites is 1. The third kappa shape index (κ3) is 2.75. The van der Waals surface area contributed by atoms with Crippen molar-refractivity contribution in [2.45, 2.75) is 5.37 Å². The minimum atomic E-state index is -0.750. The van der Waals surface area contributed by atoms with Gasteiger partial charge in [0.25, 0.3) is 11.1 Å². The van der Waals surface area contributed by atoms with Gasteiger partial charge in [-0.2, -0.15) is 0 Å². The number of nitrogens with zero attached hydrogens (tertiary/aromatic N) is 1. The lowest BCUT2D eigenvalue weighted by Crippen LogP contribution is -2.34. The van der Waals surface area contributed by atoms with Gasteiger partial charge in [0.1, 0.15) is 5.82 Å². The summed E-state index contributed by atoms with van der Waals surface area (Å²) in [6.45, 7) is 0. The standard InChI is InChI=1S/C15H11FN2O2S/c16-10-5-4-6-11(9-10)17-13-14(19)18(15(20)21-13)12-7-2-1-3-8-12/h1-9,13,17H/t13-/m0/s1. The van der Waals surface area contributed by atoms with Crippen LogP contribution in [0.4, 0.5) is 20.6 Å². The number of hydrogen-bond donors (Lipinski definition) is 1. The van der Waals surface area contributed by atoms with Crippen LogP contribution in [0.15, 0.2) is 54.6 Å². The van der Waals surface area contributed by atoms with Gasteiger partial charge >= 0.3 is 0 Å². The molecule has 0 saturated carbocycles. The minimum Gasteiger partial charge on any atom is -0.365 e. The molecule has 1 aliphatic heterocycles. The molecule has 0 radical (unpaired) electrons. The smallest absolute Gasteiger partial charge is 0.295 e. The summed E-state index contributed by atoms with van der Waals surface area (Å²) in [6.07, 6.45) is 0. The van der Waals surface area contributed by atoms with E-state index in [4.69, 9.17) is 0 Å². The van der Waals surface area contributed by atoms with Crippen LogP contribution in [-0.4, -0.2) is 16.5 Å². The van der Waals surface area contributed by atoms with Crippen LogP contribution in [-0.2, 0) is 4.79 Å². The number of rotatable bonds is 3. The van der Waals surface area contributed by atoms with E-state index >= 15 is 0 Å². The van der Waals surface area contributed by atoms with Crippen LogP contribution in [0.1, 0.15) is 0 Å². The zero-order valence-electron chi connectivity index (χ0n) is 10.8. The third-order valence-corrected chi connectivity index (χ3v) is 3.92. The summed E-state index contributed by atoms with van der Waals surface area (Å²) in [5.74, 6) is -0.762. The quantitative estimate of drug-likeness (QED) is 0.943. The Hall–Kier alpha value is -2.34.